The van der Waals surface area contributed by atoms with E-state index in [1.165, 1.54) is 31.1 Å². The molecular formula is C36H31OSi6. The van der Waals surface area contributed by atoms with Crippen molar-refractivity contribution in [2.24, 2.45) is 0 Å². The van der Waals surface area contributed by atoms with Crippen LogP contribution in [0.3, 0.4) is 0 Å². The summed E-state index contributed by atoms with van der Waals surface area (Å²) in [6.45, 7) is 0. The van der Waals surface area contributed by atoms with Crippen LogP contribution in [-0.4, -0.2) is 51.3 Å². The van der Waals surface area contributed by atoms with Gasteiger partial charge in [0, 0.05) is 17.1 Å². The Bertz CT molecular complexity index is 1700. The van der Waals surface area contributed by atoms with Gasteiger partial charge in [-0.3, -0.25) is 0 Å². The first kappa shape index (κ1) is 28.4. The fourth-order valence-corrected chi connectivity index (χ4v) is 135. The predicted molar refractivity (Wildman–Crippen MR) is 193 cm³/mol. The van der Waals surface area contributed by atoms with Gasteiger partial charge in [0.25, 0.3) is 0 Å². The highest BCUT2D eigenvalue weighted by molar-refractivity contribution is 8.10. The Morgan fingerprint density at radius 2 is 0.721 bits per heavy atom. The Kier molecular flexibility index (Phi) is 7.87. The molecule has 6 aromatic rings. The van der Waals surface area contributed by atoms with Crippen molar-refractivity contribution in [2.75, 3.05) is 0 Å². The summed E-state index contributed by atoms with van der Waals surface area (Å²) in [7, 11) is -8.93. The lowest BCUT2D eigenvalue weighted by atomic mass is 10.4. The molecule has 205 valence electrons. The third kappa shape index (κ3) is 4.38. The molecule has 1 saturated heterocycles. The number of hydrogen-bond donors (Lipinski definition) is 1. The summed E-state index contributed by atoms with van der Waals surface area (Å²) >= 11 is 0. The highest BCUT2D eigenvalue weighted by Crippen LogP contribution is 2.33. The molecule has 0 amide bonds. The summed E-state index contributed by atoms with van der Waals surface area (Å²) in [6.07, 6.45) is 0. The SMILES string of the molecule is O[Si]1(c2ccccc2)[Si][Si][Si](c2ccccc2)[Si](c2ccccc2)(c2ccccc2)[Si]1(c1ccccc1)c1ccccc1. The van der Waals surface area contributed by atoms with Gasteiger partial charge in [-0.1, -0.05) is 208 Å². The molecule has 43 heavy (non-hydrogen) atoms. The summed E-state index contributed by atoms with van der Waals surface area (Å²) in [6, 6.07) is 68.1. The minimum atomic E-state index is -3.18. The predicted octanol–water partition coefficient (Wildman–Crippen LogP) is 2.33. The molecule has 1 nitrogen and oxygen atoms in total. The number of hydrogen-bond acceptors (Lipinski definition) is 1. The Morgan fingerprint density at radius 3 is 1.12 bits per heavy atom. The fraction of sp³-hybridized carbons (Fsp3) is 0. The molecule has 1 fully saturated rings. The molecule has 1 aliphatic heterocycles. The van der Waals surface area contributed by atoms with Crippen LogP contribution < -0.4 is 31.1 Å². The average molecular weight is 648 g/mol. The van der Waals surface area contributed by atoms with Crippen LogP contribution in [0.25, 0.3) is 0 Å². The summed E-state index contributed by atoms with van der Waals surface area (Å²) < 4.78 is 0. The van der Waals surface area contributed by atoms with Gasteiger partial charge in [-0.05, 0) is 5.19 Å². The molecule has 1 heterocycles. The summed E-state index contributed by atoms with van der Waals surface area (Å²) in [4.78, 5) is 14.2. The normalized spacial score (nSPS) is 19.5. The molecule has 7 heteroatoms. The fourth-order valence-electron chi connectivity index (χ4n) is 7.32. The Hall–Kier alpha value is -3.42. The zero-order valence-electron chi connectivity index (χ0n) is 23.8. The van der Waals surface area contributed by atoms with Gasteiger partial charge in [0.05, 0.1) is 7.83 Å². The molecular weight excluding hydrogens is 617 g/mol. The van der Waals surface area contributed by atoms with Crippen molar-refractivity contribution in [2.45, 2.75) is 0 Å². The van der Waals surface area contributed by atoms with Gasteiger partial charge in [0.1, 0.15) is 14.2 Å². The van der Waals surface area contributed by atoms with E-state index in [2.05, 4.69) is 182 Å². The lowest BCUT2D eigenvalue weighted by Gasteiger charge is -2.61. The summed E-state index contributed by atoms with van der Waals surface area (Å²) in [5.74, 6) is 0. The largest absolute Gasteiger partial charge is 0.433 e. The maximum absolute atomic E-state index is 14.2. The van der Waals surface area contributed by atoms with E-state index >= 15 is 0 Å². The summed E-state index contributed by atoms with van der Waals surface area (Å²) in [5, 5.41) is 8.49. The molecule has 0 aromatic heterocycles. The Balaban J connectivity index is 1.77. The third-order valence-electron chi connectivity index (χ3n) is 8.93. The van der Waals surface area contributed by atoms with Gasteiger partial charge in [-0.25, -0.2) is 0 Å². The number of benzene rings is 6. The second-order valence-corrected chi connectivity index (χ2v) is 48.5. The van der Waals surface area contributed by atoms with E-state index in [-0.39, 0.29) is 0 Å². The van der Waals surface area contributed by atoms with Gasteiger partial charge < -0.3 is 4.80 Å². The van der Waals surface area contributed by atoms with E-state index in [1.54, 1.807) is 0 Å². The smallest absolute Gasteiger partial charge is 0.192 e. The van der Waals surface area contributed by atoms with Crippen molar-refractivity contribution >= 4 is 77.6 Å². The highest BCUT2D eigenvalue weighted by atomic mass is 30.2. The Morgan fingerprint density at radius 1 is 0.395 bits per heavy atom. The first-order chi connectivity index (χ1) is 21.2. The van der Waals surface area contributed by atoms with Crippen molar-refractivity contribution in [1.82, 2.24) is 0 Å². The average Bonchev–Trinajstić information content (AvgIpc) is 3.10. The highest BCUT2D eigenvalue weighted by Gasteiger charge is 2.75. The maximum Gasteiger partial charge on any atom is 0.192 e. The van der Waals surface area contributed by atoms with E-state index in [0.717, 1.165) is 8.55 Å². The zero-order valence-corrected chi connectivity index (χ0v) is 29.8. The summed E-state index contributed by atoms with van der Waals surface area (Å²) in [5.41, 5.74) is 0. The van der Waals surface area contributed by atoms with Gasteiger partial charge >= 0.3 is 0 Å². The van der Waals surface area contributed by atoms with E-state index in [1.807, 2.05) is 0 Å². The maximum atomic E-state index is 14.2. The molecule has 0 aliphatic carbocycles. The van der Waals surface area contributed by atoms with Crippen LogP contribution in [-0.2, 0) is 0 Å². The van der Waals surface area contributed by atoms with Gasteiger partial charge in [-0.15, -0.1) is 0 Å². The van der Waals surface area contributed by atoms with Crippen LogP contribution in [0.2, 0.25) is 0 Å². The van der Waals surface area contributed by atoms with Crippen LogP contribution >= 0.6 is 0 Å². The molecule has 1 N–H and O–H groups in total. The monoisotopic (exact) mass is 647 g/mol. The molecule has 6 aromatic carbocycles. The van der Waals surface area contributed by atoms with Crippen molar-refractivity contribution in [3.63, 3.8) is 0 Å². The lowest BCUT2D eigenvalue weighted by molar-refractivity contribution is 0.595. The zero-order chi connectivity index (χ0) is 29.2. The van der Waals surface area contributed by atoms with Crippen molar-refractivity contribution in [1.29, 1.82) is 0 Å². The van der Waals surface area contributed by atoms with Crippen LogP contribution in [0.5, 0.6) is 0 Å². The van der Waals surface area contributed by atoms with Gasteiger partial charge in [0.2, 0.25) is 0 Å². The first-order valence-corrected chi connectivity index (χ1v) is 30.1. The molecule has 0 saturated carbocycles. The van der Waals surface area contributed by atoms with Gasteiger partial charge in [-0.2, -0.15) is 0 Å². The standard InChI is InChI=1S/C36H31OSi6/c37-43(36-29-17-6-18-30-36)39-38-40(31-19-7-1-8-20-31)41(32-21-9-2-10-22-32,33-23-11-3-12-24-33)42(43,34-25-13-4-14-26-34)35-27-15-5-16-28-35/h1-30,37H. The van der Waals surface area contributed by atoms with Crippen LogP contribution in [0.15, 0.2) is 182 Å². The molecule has 5 radical (unpaired) electrons. The van der Waals surface area contributed by atoms with Crippen molar-refractivity contribution in [3.05, 3.63) is 182 Å². The quantitative estimate of drug-likeness (QED) is 0.276. The molecule has 7 rings (SSSR count). The second-order valence-electron chi connectivity index (χ2n) is 11.0. The van der Waals surface area contributed by atoms with E-state index in [0.29, 0.717) is 8.55 Å². The van der Waals surface area contributed by atoms with Crippen molar-refractivity contribution < 1.29 is 4.80 Å². The second kappa shape index (κ2) is 11.9. The van der Waals surface area contributed by atoms with E-state index in [4.69, 9.17) is 0 Å². The van der Waals surface area contributed by atoms with E-state index < -0.39 is 29.4 Å². The first-order valence-electron chi connectivity index (χ1n) is 14.7. The van der Waals surface area contributed by atoms with Crippen LogP contribution in [0.1, 0.15) is 0 Å². The lowest BCUT2D eigenvalue weighted by Crippen LogP contribution is -3.06. The topological polar surface area (TPSA) is 20.2 Å². The van der Waals surface area contributed by atoms with Crippen LogP contribution in [0.4, 0.5) is 0 Å². The Labute approximate surface area is 263 Å². The number of rotatable bonds is 6. The minimum Gasteiger partial charge on any atom is -0.433 e. The molecule has 1 unspecified atom stereocenters. The molecule has 1 atom stereocenters. The van der Waals surface area contributed by atoms with Gasteiger partial charge in [0.15, 0.2) is 7.35 Å². The van der Waals surface area contributed by atoms with Crippen LogP contribution in [0, 0.1) is 0 Å². The van der Waals surface area contributed by atoms with Crippen molar-refractivity contribution in [3.8, 4) is 0 Å². The molecule has 0 bridgehead atoms. The molecule has 0 spiro atoms. The molecule has 1 aliphatic rings. The third-order valence-corrected chi connectivity index (χ3v) is 83.5. The van der Waals surface area contributed by atoms with E-state index in [9.17, 15) is 4.80 Å². The minimum absolute atomic E-state index is 0.552.